The molecule has 106 valence electrons. The van der Waals surface area contributed by atoms with E-state index in [0.717, 1.165) is 16.0 Å². The van der Waals surface area contributed by atoms with Crippen molar-refractivity contribution >= 4 is 35.0 Å². The molecule has 3 N–H and O–H groups in total. The summed E-state index contributed by atoms with van der Waals surface area (Å²) >= 11 is 3.16. The van der Waals surface area contributed by atoms with Gasteiger partial charge in [-0.1, -0.05) is 0 Å². The highest BCUT2D eigenvalue weighted by Gasteiger charge is 2.51. The zero-order valence-electron chi connectivity index (χ0n) is 10.8. The average Bonchev–Trinajstić information content (AvgIpc) is 2.82. The van der Waals surface area contributed by atoms with E-state index in [1.807, 2.05) is 18.4 Å². The van der Waals surface area contributed by atoms with Crippen molar-refractivity contribution < 1.29 is 14.7 Å². The minimum atomic E-state index is -1.04. The second-order valence-electron chi connectivity index (χ2n) is 4.90. The van der Waals surface area contributed by atoms with Gasteiger partial charge >= 0.3 is 5.97 Å². The highest BCUT2D eigenvalue weighted by atomic mass is 32.2. The van der Waals surface area contributed by atoms with Crippen molar-refractivity contribution in [3.05, 3.63) is 33.2 Å². The summed E-state index contributed by atoms with van der Waals surface area (Å²) in [5.74, 6) is -0.721. The molecular weight excluding hydrogens is 296 g/mol. The molecule has 7 heteroatoms. The lowest BCUT2D eigenvalue weighted by Crippen LogP contribution is -2.68. The van der Waals surface area contributed by atoms with Crippen molar-refractivity contribution in [1.82, 2.24) is 4.90 Å². The minimum absolute atomic E-state index is 0.133. The lowest BCUT2D eigenvalue weighted by atomic mass is 10.0. The number of carboxylic acids is 1. The van der Waals surface area contributed by atoms with Crippen LogP contribution >= 0.6 is 23.1 Å². The average molecular weight is 310 g/mol. The Morgan fingerprint density at radius 1 is 1.60 bits per heavy atom. The molecule has 2 atom stereocenters. The van der Waals surface area contributed by atoms with E-state index in [0.29, 0.717) is 12.2 Å². The molecule has 1 saturated heterocycles. The van der Waals surface area contributed by atoms with Gasteiger partial charge in [0.1, 0.15) is 17.1 Å². The third kappa shape index (κ3) is 1.97. The third-order valence-electron chi connectivity index (χ3n) is 3.63. The zero-order valence-corrected chi connectivity index (χ0v) is 12.5. The monoisotopic (exact) mass is 310 g/mol. The van der Waals surface area contributed by atoms with E-state index in [9.17, 15) is 14.7 Å². The number of carbonyl (C=O) groups excluding carboxylic acids is 1. The summed E-state index contributed by atoms with van der Waals surface area (Å²) in [6, 6.07) is 1.45. The summed E-state index contributed by atoms with van der Waals surface area (Å²) < 4.78 is 0. The van der Waals surface area contributed by atoms with Crippen LogP contribution in [0.5, 0.6) is 0 Å². The normalized spacial score (nSPS) is 25.5. The fraction of sp³-hybridized carbons (Fsp3) is 0.385. The Kier molecular flexibility index (Phi) is 3.35. The number of nitrogens with zero attached hydrogens (tertiary/aromatic N) is 1. The molecule has 0 saturated carbocycles. The van der Waals surface area contributed by atoms with Crippen LogP contribution in [0.25, 0.3) is 0 Å². The van der Waals surface area contributed by atoms with E-state index in [4.69, 9.17) is 5.73 Å². The molecule has 1 aromatic rings. The first-order valence-electron chi connectivity index (χ1n) is 6.19. The topological polar surface area (TPSA) is 83.6 Å². The summed E-state index contributed by atoms with van der Waals surface area (Å²) in [6.45, 7) is 2.01. The highest BCUT2D eigenvalue weighted by molar-refractivity contribution is 8.00. The fourth-order valence-corrected chi connectivity index (χ4v) is 4.74. The second-order valence-corrected chi connectivity index (χ2v) is 7.00. The third-order valence-corrected chi connectivity index (χ3v) is 6.02. The Morgan fingerprint density at radius 3 is 2.95 bits per heavy atom. The fourth-order valence-electron chi connectivity index (χ4n) is 2.49. The summed E-state index contributed by atoms with van der Waals surface area (Å²) in [6.07, 6.45) is 0.587. The number of carboxylic acid groups (broad SMARTS) is 1. The largest absolute Gasteiger partial charge is 0.477 e. The van der Waals surface area contributed by atoms with Crippen molar-refractivity contribution in [2.45, 2.75) is 24.8 Å². The maximum atomic E-state index is 11.8. The number of nitrogens with two attached hydrogens (primary N) is 1. The molecule has 5 nitrogen and oxygen atoms in total. The second kappa shape index (κ2) is 4.91. The molecule has 0 bridgehead atoms. The Labute approximate surface area is 124 Å². The number of hydrogen-bond donors (Lipinski definition) is 2. The Morgan fingerprint density at radius 2 is 2.35 bits per heavy atom. The Balaban J connectivity index is 1.96. The molecule has 3 heterocycles. The highest BCUT2D eigenvalue weighted by Crippen LogP contribution is 2.40. The molecular formula is C13H14N2O3S2. The van der Waals surface area contributed by atoms with E-state index >= 15 is 0 Å². The van der Waals surface area contributed by atoms with Crippen molar-refractivity contribution in [3.8, 4) is 0 Å². The first-order chi connectivity index (χ1) is 9.50. The van der Waals surface area contributed by atoms with Crippen molar-refractivity contribution in [1.29, 1.82) is 0 Å². The van der Waals surface area contributed by atoms with Crippen LogP contribution in [0, 0.1) is 6.92 Å². The van der Waals surface area contributed by atoms with E-state index in [1.54, 1.807) is 23.1 Å². The lowest BCUT2D eigenvalue weighted by Gasteiger charge is -2.48. The quantitative estimate of drug-likeness (QED) is 0.819. The van der Waals surface area contributed by atoms with Gasteiger partial charge in [0.05, 0.1) is 0 Å². The molecule has 2 aliphatic rings. The molecule has 0 aromatic carbocycles. The predicted octanol–water partition coefficient (Wildman–Crippen LogP) is 1.18. The molecule has 1 amide bonds. The van der Waals surface area contributed by atoms with Gasteiger partial charge in [0.2, 0.25) is 5.91 Å². The number of hydrogen-bond acceptors (Lipinski definition) is 5. The van der Waals surface area contributed by atoms with Crippen LogP contribution in [0.4, 0.5) is 0 Å². The number of aliphatic carboxylic acids is 1. The maximum absolute atomic E-state index is 11.8. The van der Waals surface area contributed by atoms with E-state index < -0.39 is 12.0 Å². The zero-order chi connectivity index (χ0) is 14.4. The van der Waals surface area contributed by atoms with Gasteiger partial charge in [-0.25, -0.2) is 4.79 Å². The minimum Gasteiger partial charge on any atom is -0.477 e. The number of fused-ring (bicyclic) bond motifs is 1. The molecule has 2 aliphatic heterocycles. The number of thioether (sulfide) groups is 1. The first kappa shape index (κ1) is 13.7. The first-order valence-corrected chi connectivity index (χ1v) is 8.12. The van der Waals surface area contributed by atoms with Crippen LogP contribution < -0.4 is 5.73 Å². The molecule has 20 heavy (non-hydrogen) atoms. The molecule has 0 spiro atoms. The molecule has 1 aromatic heterocycles. The Bertz CT molecular complexity index is 623. The summed E-state index contributed by atoms with van der Waals surface area (Å²) in [7, 11) is 0. The van der Waals surface area contributed by atoms with Crippen LogP contribution in [0.15, 0.2) is 22.7 Å². The van der Waals surface area contributed by atoms with Gasteiger partial charge < -0.3 is 10.8 Å². The maximum Gasteiger partial charge on any atom is 0.352 e. The summed E-state index contributed by atoms with van der Waals surface area (Å²) in [5.41, 5.74) is 7.81. The van der Waals surface area contributed by atoms with Crippen LogP contribution in [0.1, 0.15) is 10.4 Å². The number of amides is 1. The SMILES string of the molecule is Cc1ccsc1CC1=C(C(=O)O)N2C(=O)C(N)[C@@H]2SC1. The number of thiophene rings is 1. The van der Waals surface area contributed by atoms with Crippen LogP contribution in [0.3, 0.4) is 0 Å². The molecule has 0 aliphatic carbocycles. The number of β-lactam (4-membered cyclic amide) rings is 1. The van der Waals surface area contributed by atoms with E-state index in [2.05, 4.69) is 0 Å². The van der Waals surface area contributed by atoms with Gasteiger partial charge in [0, 0.05) is 17.1 Å². The number of aryl methyl sites for hydroxylation is 1. The van der Waals surface area contributed by atoms with Crippen molar-refractivity contribution in [2.24, 2.45) is 5.73 Å². The van der Waals surface area contributed by atoms with Gasteiger partial charge in [0.25, 0.3) is 0 Å². The van der Waals surface area contributed by atoms with Crippen LogP contribution in [-0.2, 0) is 16.0 Å². The van der Waals surface area contributed by atoms with Gasteiger partial charge in [-0.05, 0) is 29.5 Å². The molecule has 1 unspecified atom stereocenters. The van der Waals surface area contributed by atoms with Crippen LogP contribution in [-0.4, -0.2) is 39.1 Å². The molecule has 0 radical (unpaired) electrons. The van der Waals surface area contributed by atoms with Crippen molar-refractivity contribution in [2.75, 3.05) is 5.75 Å². The molecule has 1 fully saturated rings. The van der Waals surface area contributed by atoms with Gasteiger partial charge in [0.15, 0.2) is 0 Å². The van der Waals surface area contributed by atoms with Gasteiger partial charge in [-0.2, -0.15) is 0 Å². The van der Waals surface area contributed by atoms with Crippen molar-refractivity contribution in [3.63, 3.8) is 0 Å². The predicted molar refractivity (Wildman–Crippen MR) is 78.5 cm³/mol. The molecule has 3 rings (SSSR count). The standard InChI is InChI=1S/C13H14N2O3S2/c1-6-2-3-19-8(6)4-7-5-20-12-9(14)11(16)15(12)10(7)13(17)18/h2-3,9,12H,4-5,14H2,1H3,(H,17,18)/t9?,12-/m0/s1. The number of carbonyl (C=O) groups is 2. The summed E-state index contributed by atoms with van der Waals surface area (Å²) in [5, 5.41) is 11.2. The van der Waals surface area contributed by atoms with E-state index in [1.165, 1.54) is 4.90 Å². The van der Waals surface area contributed by atoms with Gasteiger partial charge in [-0.15, -0.1) is 23.1 Å². The number of rotatable bonds is 3. The Hall–Kier alpha value is -1.31. The van der Waals surface area contributed by atoms with E-state index in [-0.39, 0.29) is 17.0 Å². The lowest BCUT2D eigenvalue weighted by molar-refractivity contribution is -0.148. The smallest absolute Gasteiger partial charge is 0.352 e. The van der Waals surface area contributed by atoms with Crippen LogP contribution in [0.2, 0.25) is 0 Å². The summed E-state index contributed by atoms with van der Waals surface area (Å²) in [4.78, 5) is 25.8. The van der Waals surface area contributed by atoms with Gasteiger partial charge in [-0.3, -0.25) is 9.69 Å².